The lowest BCUT2D eigenvalue weighted by atomic mass is 9.93. The second-order valence-electron chi connectivity index (χ2n) is 5.58. The molecule has 0 saturated carbocycles. The van der Waals surface area contributed by atoms with Crippen LogP contribution in [0.3, 0.4) is 0 Å². The van der Waals surface area contributed by atoms with Crippen molar-refractivity contribution < 1.29 is 9.84 Å². The normalized spacial score (nSPS) is 29.7. The minimum Gasteiger partial charge on any atom is -0.491 e. The standard InChI is InChI=1S/C15H21NO2/c1-11-6-8-16(9-7-11)13-10-18-14-5-3-2-4-12(14)15(13)17/h2-5,11,13,15,17H,6-10H2,1H3. The van der Waals surface area contributed by atoms with Gasteiger partial charge in [-0.15, -0.1) is 0 Å². The number of fused-ring (bicyclic) bond motifs is 1. The van der Waals surface area contributed by atoms with Crippen molar-refractivity contribution in [2.24, 2.45) is 5.92 Å². The summed E-state index contributed by atoms with van der Waals surface area (Å²) in [5.74, 6) is 1.65. The summed E-state index contributed by atoms with van der Waals surface area (Å²) in [4.78, 5) is 2.39. The molecular weight excluding hydrogens is 226 g/mol. The molecule has 18 heavy (non-hydrogen) atoms. The summed E-state index contributed by atoms with van der Waals surface area (Å²) in [6.45, 7) is 5.07. The zero-order valence-corrected chi connectivity index (χ0v) is 10.9. The molecule has 0 aliphatic carbocycles. The molecule has 3 heteroatoms. The number of piperidine rings is 1. The Morgan fingerprint density at radius 3 is 2.72 bits per heavy atom. The fourth-order valence-corrected chi connectivity index (χ4v) is 3.00. The van der Waals surface area contributed by atoms with E-state index in [1.54, 1.807) is 0 Å². The lowest BCUT2D eigenvalue weighted by molar-refractivity contribution is -0.00972. The Morgan fingerprint density at radius 2 is 1.94 bits per heavy atom. The van der Waals surface area contributed by atoms with Crippen LogP contribution in [-0.4, -0.2) is 35.7 Å². The van der Waals surface area contributed by atoms with Gasteiger partial charge in [-0.1, -0.05) is 25.1 Å². The minimum atomic E-state index is -0.414. The molecule has 1 fully saturated rings. The zero-order valence-electron chi connectivity index (χ0n) is 10.9. The lowest BCUT2D eigenvalue weighted by Crippen LogP contribution is -2.48. The van der Waals surface area contributed by atoms with E-state index in [2.05, 4.69) is 11.8 Å². The van der Waals surface area contributed by atoms with Crippen molar-refractivity contribution in [3.8, 4) is 5.75 Å². The van der Waals surface area contributed by atoms with Gasteiger partial charge in [0.15, 0.2) is 0 Å². The predicted molar refractivity (Wildman–Crippen MR) is 70.7 cm³/mol. The molecule has 2 unspecified atom stereocenters. The highest BCUT2D eigenvalue weighted by atomic mass is 16.5. The molecule has 1 aromatic rings. The van der Waals surface area contributed by atoms with Crippen LogP contribution in [0.1, 0.15) is 31.4 Å². The summed E-state index contributed by atoms with van der Waals surface area (Å²) in [5, 5.41) is 10.5. The van der Waals surface area contributed by atoms with Crippen molar-refractivity contribution in [1.29, 1.82) is 0 Å². The second-order valence-corrected chi connectivity index (χ2v) is 5.58. The van der Waals surface area contributed by atoms with E-state index in [4.69, 9.17) is 4.74 Å². The highest BCUT2D eigenvalue weighted by molar-refractivity contribution is 5.37. The number of benzene rings is 1. The van der Waals surface area contributed by atoms with E-state index >= 15 is 0 Å². The van der Waals surface area contributed by atoms with Gasteiger partial charge in [0, 0.05) is 5.56 Å². The monoisotopic (exact) mass is 247 g/mol. The Morgan fingerprint density at radius 1 is 1.22 bits per heavy atom. The van der Waals surface area contributed by atoms with Crippen LogP contribution in [-0.2, 0) is 0 Å². The van der Waals surface area contributed by atoms with Crippen molar-refractivity contribution in [1.82, 2.24) is 4.90 Å². The van der Waals surface area contributed by atoms with Crippen LogP contribution in [0.5, 0.6) is 5.75 Å². The Balaban J connectivity index is 1.76. The van der Waals surface area contributed by atoms with Crippen LogP contribution in [0.25, 0.3) is 0 Å². The molecule has 2 aliphatic heterocycles. The van der Waals surface area contributed by atoms with Crippen LogP contribution in [0.2, 0.25) is 0 Å². The summed E-state index contributed by atoms with van der Waals surface area (Å²) in [5.41, 5.74) is 0.937. The first-order chi connectivity index (χ1) is 8.75. The maximum Gasteiger partial charge on any atom is 0.125 e. The number of likely N-dealkylation sites (tertiary alicyclic amines) is 1. The molecular formula is C15H21NO2. The fourth-order valence-electron chi connectivity index (χ4n) is 3.00. The summed E-state index contributed by atoms with van der Waals surface area (Å²) < 4.78 is 5.78. The van der Waals surface area contributed by atoms with Crippen LogP contribution in [0.15, 0.2) is 24.3 Å². The Bertz CT molecular complexity index is 413. The van der Waals surface area contributed by atoms with Crippen molar-refractivity contribution in [2.45, 2.75) is 31.9 Å². The van der Waals surface area contributed by atoms with Crippen LogP contribution in [0, 0.1) is 5.92 Å². The van der Waals surface area contributed by atoms with Gasteiger partial charge >= 0.3 is 0 Å². The van der Waals surface area contributed by atoms with E-state index in [1.165, 1.54) is 12.8 Å². The molecule has 2 atom stereocenters. The van der Waals surface area contributed by atoms with Gasteiger partial charge in [-0.05, 0) is 37.9 Å². The van der Waals surface area contributed by atoms with Crippen LogP contribution < -0.4 is 4.74 Å². The largest absolute Gasteiger partial charge is 0.491 e. The second kappa shape index (κ2) is 4.90. The molecule has 0 bridgehead atoms. The SMILES string of the molecule is CC1CCN(C2COc3ccccc3C2O)CC1. The number of ether oxygens (including phenoxy) is 1. The van der Waals surface area contributed by atoms with Crippen molar-refractivity contribution >= 4 is 0 Å². The Hall–Kier alpha value is -1.06. The molecule has 1 aromatic carbocycles. The molecule has 0 spiro atoms. The number of aliphatic hydroxyl groups is 1. The first-order valence-corrected chi connectivity index (χ1v) is 6.89. The van der Waals surface area contributed by atoms with Crippen molar-refractivity contribution in [2.75, 3.05) is 19.7 Å². The number of nitrogens with zero attached hydrogens (tertiary/aromatic N) is 1. The molecule has 0 radical (unpaired) electrons. The maximum absolute atomic E-state index is 10.5. The quantitative estimate of drug-likeness (QED) is 0.826. The van der Waals surface area contributed by atoms with E-state index in [-0.39, 0.29) is 6.04 Å². The number of para-hydroxylation sites is 1. The maximum atomic E-state index is 10.5. The molecule has 1 N–H and O–H groups in total. The smallest absolute Gasteiger partial charge is 0.125 e. The molecule has 0 aromatic heterocycles. The average molecular weight is 247 g/mol. The van der Waals surface area contributed by atoms with Gasteiger partial charge in [-0.2, -0.15) is 0 Å². The first-order valence-electron chi connectivity index (χ1n) is 6.89. The van der Waals surface area contributed by atoms with E-state index in [0.717, 1.165) is 30.3 Å². The minimum absolute atomic E-state index is 0.118. The zero-order chi connectivity index (χ0) is 12.5. The van der Waals surface area contributed by atoms with Gasteiger partial charge in [0.05, 0.1) is 6.04 Å². The molecule has 3 rings (SSSR count). The highest BCUT2D eigenvalue weighted by Crippen LogP contribution is 2.35. The summed E-state index contributed by atoms with van der Waals surface area (Å²) in [6, 6.07) is 7.94. The summed E-state index contributed by atoms with van der Waals surface area (Å²) >= 11 is 0. The summed E-state index contributed by atoms with van der Waals surface area (Å²) in [6.07, 6.45) is 2.04. The predicted octanol–water partition coefficient (Wildman–Crippen LogP) is 2.21. The molecule has 2 aliphatic rings. The third kappa shape index (κ3) is 2.13. The Labute approximate surface area is 108 Å². The summed E-state index contributed by atoms with van der Waals surface area (Å²) in [7, 11) is 0. The molecule has 0 amide bonds. The third-order valence-corrected chi connectivity index (χ3v) is 4.30. The van der Waals surface area contributed by atoms with Crippen LogP contribution >= 0.6 is 0 Å². The number of rotatable bonds is 1. The highest BCUT2D eigenvalue weighted by Gasteiger charge is 2.34. The van der Waals surface area contributed by atoms with Gasteiger partial charge in [-0.25, -0.2) is 0 Å². The van der Waals surface area contributed by atoms with Crippen molar-refractivity contribution in [3.05, 3.63) is 29.8 Å². The van der Waals surface area contributed by atoms with Gasteiger partial charge in [-0.3, -0.25) is 4.90 Å². The molecule has 98 valence electrons. The van der Waals surface area contributed by atoms with Gasteiger partial charge in [0.1, 0.15) is 18.5 Å². The van der Waals surface area contributed by atoms with Crippen LogP contribution in [0.4, 0.5) is 0 Å². The number of hydrogen-bond acceptors (Lipinski definition) is 3. The average Bonchev–Trinajstić information content (AvgIpc) is 2.41. The Kier molecular flexibility index (Phi) is 3.27. The van der Waals surface area contributed by atoms with Gasteiger partial charge in [0.2, 0.25) is 0 Å². The van der Waals surface area contributed by atoms with E-state index in [1.807, 2.05) is 24.3 Å². The van der Waals surface area contributed by atoms with Gasteiger partial charge < -0.3 is 9.84 Å². The van der Waals surface area contributed by atoms with Crippen molar-refractivity contribution in [3.63, 3.8) is 0 Å². The topological polar surface area (TPSA) is 32.7 Å². The molecule has 2 heterocycles. The third-order valence-electron chi connectivity index (χ3n) is 4.30. The molecule has 1 saturated heterocycles. The first kappa shape index (κ1) is 12.0. The lowest BCUT2D eigenvalue weighted by Gasteiger charge is -2.41. The number of aliphatic hydroxyl groups excluding tert-OH is 1. The molecule has 3 nitrogen and oxygen atoms in total. The van der Waals surface area contributed by atoms with E-state index in [9.17, 15) is 5.11 Å². The van der Waals surface area contributed by atoms with E-state index in [0.29, 0.717) is 6.61 Å². The van der Waals surface area contributed by atoms with Gasteiger partial charge in [0.25, 0.3) is 0 Å². The van der Waals surface area contributed by atoms with E-state index < -0.39 is 6.10 Å². The number of hydrogen-bond donors (Lipinski definition) is 1. The fraction of sp³-hybridized carbons (Fsp3) is 0.600.